The fraction of sp³-hybridized carbons (Fsp3) is 0.353. The summed E-state index contributed by atoms with van der Waals surface area (Å²) in [6.45, 7) is -5.42. The predicted molar refractivity (Wildman–Crippen MR) is 340 cm³/mol. The summed E-state index contributed by atoms with van der Waals surface area (Å²) in [4.78, 5) is 18.9. The molecule has 12 rings (SSSR count). The van der Waals surface area contributed by atoms with Crippen LogP contribution in [0.2, 0.25) is 0 Å². The Morgan fingerprint density at radius 2 is 0.898 bits per heavy atom. The van der Waals surface area contributed by atoms with E-state index in [4.69, 9.17) is 37.9 Å². The zero-order valence-electron chi connectivity index (χ0n) is 53.3. The lowest BCUT2D eigenvalue weighted by molar-refractivity contribution is -0.180. The maximum absolute atomic E-state index is 16.2. The van der Waals surface area contributed by atoms with Crippen LogP contribution in [-0.2, 0) is 42.6 Å². The van der Waals surface area contributed by atoms with E-state index < -0.39 is 103 Å². The number of anilines is 2. The molecule has 0 amide bonds. The highest BCUT2D eigenvalue weighted by atomic mass is 32.2. The van der Waals surface area contributed by atoms with Gasteiger partial charge in [-0.25, -0.2) is 62.9 Å². The third-order valence-corrected chi connectivity index (χ3v) is 21.2. The minimum atomic E-state index is -4.61. The molecule has 6 aromatic carbocycles. The summed E-state index contributed by atoms with van der Waals surface area (Å²) in [6, 6.07) is 26.9. The Bertz CT molecular complexity index is 4010. The van der Waals surface area contributed by atoms with Crippen LogP contribution in [0, 0.1) is 23.3 Å². The molecule has 6 atom stereocenters. The lowest BCUT2D eigenvalue weighted by atomic mass is 9.88. The van der Waals surface area contributed by atoms with Gasteiger partial charge >= 0.3 is 13.2 Å². The van der Waals surface area contributed by atoms with Gasteiger partial charge in [-0.05, 0) is 97.5 Å². The number of sulfonamides is 2. The summed E-state index contributed by atoms with van der Waals surface area (Å²) < 4.78 is 215. The van der Waals surface area contributed by atoms with Crippen LogP contribution in [-0.4, -0.2) is 127 Å². The summed E-state index contributed by atoms with van der Waals surface area (Å²) in [5.74, 6) is -0.870. The van der Waals surface area contributed by atoms with E-state index in [1.54, 1.807) is 60.7 Å². The first-order chi connectivity index (χ1) is 47.2. The highest BCUT2D eigenvalue weighted by molar-refractivity contribution is 7.93. The molecule has 0 aliphatic carbocycles. The molecule has 8 aromatic rings. The molecule has 520 valence electrons. The van der Waals surface area contributed by atoms with Gasteiger partial charge in [0.1, 0.15) is 91.8 Å². The zero-order valence-corrected chi connectivity index (χ0v) is 54.9. The van der Waals surface area contributed by atoms with E-state index in [0.29, 0.717) is 82.3 Å². The van der Waals surface area contributed by atoms with E-state index >= 15 is 8.78 Å². The number of alkyl halides is 4. The van der Waals surface area contributed by atoms with Gasteiger partial charge < -0.3 is 37.9 Å². The van der Waals surface area contributed by atoms with Crippen molar-refractivity contribution in [2.75, 3.05) is 63.4 Å². The van der Waals surface area contributed by atoms with Crippen LogP contribution in [0.15, 0.2) is 156 Å². The number of piperidine rings is 2. The van der Waals surface area contributed by atoms with Gasteiger partial charge in [0, 0.05) is 121 Å². The van der Waals surface area contributed by atoms with Crippen molar-refractivity contribution in [2.45, 2.75) is 111 Å². The van der Waals surface area contributed by atoms with Crippen molar-refractivity contribution in [2.24, 2.45) is 0 Å². The second-order valence-corrected chi connectivity index (χ2v) is 26.8. The molecule has 6 heterocycles. The van der Waals surface area contributed by atoms with Crippen molar-refractivity contribution in [3.63, 3.8) is 0 Å². The highest BCUT2D eigenvalue weighted by Gasteiger charge is 2.43. The van der Waals surface area contributed by atoms with E-state index in [0.717, 1.165) is 20.7 Å². The summed E-state index contributed by atoms with van der Waals surface area (Å²) in [5, 5.41) is 0. The molecule has 0 radical (unpaired) electrons. The maximum atomic E-state index is 16.2. The fourth-order valence-electron chi connectivity index (χ4n) is 13.0. The van der Waals surface area contributed by atoms with Crippen LogP contribution in [0.3, 0.4) is 0 Å². The quantitative estimate of drug-likeness (QED) is 0.0578. The van der Waals surface area contributed by atoms with Crippen LogP contribution in [0.4, 0.5) is 46.8 Å². The topological polar surface area (TPSA) is 207 Å². The molecule has 2 aromatic heterocycles. The van der Waals surface area contributed by atoms with Gasteiger partial charge in [0.05, 0.1) is 67.0 Å². The second kappa shape index (κ2) is 30.9. The molecule has 4 aliphatic heterocycles. The first-order valence-corrected chi connectivity index (χ1v) is 33.9. The highest BCUT2D eigenvalue weighted by Crippen LogP contribution is 2.49. The predicted octanol–water partition coefficient (Wildman–Crippen LogP) is 12.9. The minimum absolute atomic E-state index is 0.000172. The first kappa shape index (κ1) is 70.4. The monoisotopic (exact) mass is 1400 g/mol. The number of fused-ring (bicyclic) bond motifs is 2. The normalized spacial score (nSPS) is 19.6. The van der Waals surface area contributed by atoms with Crippen molar-refractivity contribution in [3.8, 4) is 34.5 Å². The molecule has 0 unspecified atom stereocenters. The lowest BCUT2D eigenvalue weighted by Gasteiger charge is -2.45. The van der Waals surface area contributed by atoms with Crippen molar-refractivity contribution in [1.29, 1.82) is 0 Å². The molecule has 98 heavy (non-hydrogen) atoms. The third kappa shape index (κ3) is 15.6. The molecular weight excluding hydrogens is 1340 g/mol. The summed E-state index contributed by atoms with van der Waals surface area (Å²) in [5.41, 5.74) is 3.12. The third-order valence-electron chi connectivity index (χ3n) is 17.6. The van der Waals surface area contributed by atoms with Gasteiger partial charge in [-0.15, -0.1) is 0 Å². The molecular formula is C68H68F8N8O12S2. The van der Waals surface area contributed by atoms with E-state index in [-0.39, 0.29) is 75.1 Å². The molecule has 0 spiro atoms. The summed E-state index contributed by atoms with van der Waals surface area (Å²) >= 11 is 0. The van der Waals surface area contributed by atoms with Gasteiger partial charge in [-0.3, -0.25) is 9.80 Å². The summed E-state index contributed by atoms with van der Waals surface area (Å²) in [7, 11) is -3.37. The van der Waals surface area contributed by atoms with Crippen LogP contribution in [0.1, 0.15) is 96.1 Å². The maximum Gasteiger partial charge on any atom is 0.345 e. The average molecular weight is 1410 g/mol. The van der Waals surface area contributed by atoms with E-state index in [1.807, 2.05) is 9.80 Å². The molecule has 4 aliphatic rings. The Balaban J connectivity index is 0.000000198. The standard InChI is InChI=1S/2C34H34F4N4O6S/c2*1-45-24-8-5-22(30(16-24)46-2)19-42(33-9-12-39-20-40-33)49(43,44)32-18-31-26(17-27(32)36)28(11-14-47-31)41-13-10-25(48-34(37)38)15-29(41)21-3-6-23(35)7-4-21/h2*3-9,12,16-18,20,25,28-29,34H,10-11,13-15,19H2,1-2H3/t25-,28+,29+;25-,28-,29+/m11/s1. The number of likely N-dealkylation sites (tertiary alicyclic amines) is 2. The van der Waals surface area contributed by atoms with Crippen LogP contribution in [0.25, 0.3) is 0 Å². The average Bonchev–Trinajstić information content (AvgIpc) is 0.760. The molecule has 0 saturated carbocycles. The molecule has 0 bridgehead atoms. The Hall–Kier alpha value is -8.94. The van der Waals surface area contributed by atoms with Gasteiger partial charge in [-0.2, -0.15) is 17.6 Å². The van der Waals surface area contributed by atoms with Gasteiger partial charge in [0.15, 0.2) is 0 Å². The fourth-order valence-corrected chi connectivity index (χ4v) is 15.9. The van der Waals surface area contributed by atoms with E-state index in [1.165, 1.54) is 102 Å². The van der Waals surface area contributed by atoms with Crippen LogP contribution in [0.5, 0.6) is 34.5 Å². The van der Waals surface area contributed by atoms with Gasteiger partial charge in [0.25, 0.3) is 20.0 Å². The van der Waals surface area contributed by atoms with Crippen molar-refractivity contribution >= 4 is 31.7 Å². The second-order valence-electron chi connectivity index (χ2n) is 23.2. The Labute approximate surface area is 560 Å². The van der Waals surface area contributed by atoms with Crippen LogP contribution >= 0.6 is 0 Å². The van der Waals surface area contributed by atoms with Crippen LogP contribution < -0.4 is 37.0 Å². The molecule has 30 heteroatoms. The summed E-state index contributed by atoms with van der Waals surface area (Å²) in [6.07, 6.45) is 5.43. The minimum Gasteiger partial charge on any atom is -0.497 e. The molecule has 0 N–H and O–H groups in total. The number of halogens is 8. The lowest BCUT2D eigenvalue weighted by Crippen LogP contribution is -2.43. The SMILES string of the molecule is COc1ccc(CN(c2ccncn2)S(=O)(=O)c2cc3c(cc2F)[C@@H](N2CC[C@@H](OC(F)F)C[C@H]2c2ccc(F)cc2)CCO3)c(OC)c1.COc1ccc(CN(c2ccncn2)S(=O)(=O)c2cc3c(cc2F)[C@H](N2CC[C@@H](OC(F)F)C[C@H]2c2ccc(F)cc2)CCO3)c(OC)c1. The van der Waals surface area contributed by atoms with Crippen molar-refractivity contribution < 1.29 is 89.9 Å². The van der Waals surface area contributed by atoms with E-state index in [2.05, 4.69) is 19.9 Å². The number of rotatable bonds is 22. The first-order valence-electron chi connectivity index (χ1n) is 31.0. The van der Waals surface area contributed by atoms with Gasteiger partial charge in [0.2, 0.25) is 0 Å². The van der Waals surface area contributed by atoms with Crippen molar-refractivity contribution in [3.05, 3.63) is 203 Å². The number of methoxy groups -OCH3 is 4. The smallest absolute Gasteiger partial charge is 0.345 e. The Kier molecular flexibility index (Phi) is 22.2. The number of hydrogen-bond donors (Lipinski definition) is 0. The van der Waals surface area contributed by atoms with Gasteiger partial charge in [-0.1, -0.05) is 24.3 Å². The Morgan fingerprint density at radius 1 is 0.500 bits per heavy atom. The zero-order chi connectivity index (χ0) is 69.4. The molecule has 2 saturated heterocycles. The number of aromatic nitrogens is 4. The molecule has 20 nitrogen and oxygen atoms in total. The number of nitrogens with zero attached hydrogens (tertiary/aromatic N) is 8. The van der Waals surface area contributed by atoms with Crippen molar-refractivity contribution in [1.82, 2.24) is 29.7 Å². The molecule has 2 fully saturated rings. The van der Waals surface area contributed by atoms with E-state index in [9.17, 15) is 43.2 Å². The largest absolute Gasteiger partial charge is 0.497 e. The Morgan fingerprint density at radius 3 is 1.24 bits per heavy atom. The number of benzene rings is 6. The number of ether oxygens (including phenoxy) is 8. The number of hydrogen-bond acceptors (Lipinski definition) is 18.